The third-order valence-electron chi connectivity index (χ3n) is 2.73. The highest BCUT2D eigenvalue weighted by Gasteiger charge is 2.32. The zero-order chi connectivity index (χ0) is 11.3. The lowest BCUT2D eigenvalue weighted by atomic mass is 9.86. The first-order valence-electron chi connectivity index (χ1n) is 5.25. The number of unbranched alkanes of at least 4 members (excludes halogenated alkanes) is 1. The van der Waals surface area contributed by atoms with E-state index in [1.54, 1.807) is 6.20 Å². The van der Waals surface area contributed by atoms with Gasteiger partial charge in [0.05, 0.1) is 0 Å². The summed E-state index contributed by atoms with van der Waals surface area (Å²) in [5.74, 6) is -0.0121. The van der Waals surface area contributed by atoms with E-state index in [1.807, 2.05) is 12.1 Å². The number of Topliss-reactive ketones (excluding diaryl/α,β-unsaturated/α-hetero) is 1. The molecule has 1 atom stereocenters. The summed E-state index contributed by atoms with van der Waals surface area (Å²) in [6, 6.07) is 3.70. The van der Waals surface area contributed by atoms with Crippen molar-refractivity contribution in [1.82, 2.24) is 4.98 Å². The molecule has 1 rings (SSSR count). The average Bonchev–Trinajstić information content (AvgIpc) is 2.70. The van der Waals surface area contributed by atoms with Gasteiger partial charge in [-0.2, -0.15) is 0 Å². The number of carbonyl (C=O) groups is 1. The summed E-state index contributed by atoms with van der Waals surface area (Å²) in [7, 11) is 0. The average molecular weight is 209 g/mol. The fourth-order valence-electron chi connectivity index (χ4n) is 1.66. The van der Waals surface area contributed by atoms with E-state index in [2.05, 4.69) is 4.98 Å². The first kappa shape index (κ1) is 11.9. The molecule has 84 valence electrons. The van der Waals surface area contributed by atoms with Crippen LogP contribution in [0.25, 0.3) is 0 Å². The number of aromatic amines is 1. The quantitative estimate of drug-likeness (QED) is 0.608. The highest BCUT2D eigenvalue weighted by molar-refractivity contribution is 5.86. The van der Waals surface area contributed by atoms with Crippen LogP contribution in [0.2, 0.25) is 0 Å². The zero-order valence-corrected chi connectivity index (χ0v) is 9.12. The van der Waals surface area contributed by atoms with Crippen LogP contribution in [0.5, 0.6) is 0 Å². The van der Waals surface area contributed by atoms with Gasteiger partial charge in [-0.25, -0.2) is 0 Å². The smallest absolute Gasteiger partial charge is 0.155 e. The highest BCUT2D eigenvalue weighted by Crippen LogP contribution is 2.24. The van der Waals surface area contributed by atoms with Crippen molar-refractivity contribution < 1.29 is 4.79 Å². The standard InChI is InChI=1S/C11H19N3O/c1-9(15)11(13,6-2-3-7-12)10-5-4-8-14-10/h4-5,8,14H,2-3,6-7,12-13H2,1H3. The molecule has 0 aliphatic heterocycles. The third-order valence-corrected chi connectivity index (χ3v) is 2.73. The first-order valence-corrected chi connectivity index (χ1v) is 5.25. The molecule has 0 saturated heterocycles. The Morgan fingerprint density at radius 2 is 2.27 bits per heavy atom. The van der Waals surface area contributed by atoms with E-state index in [4.69, 9.17) is 11.5 Å². The minimum atomic E-state index is -0.876. The summed E-state index contributed by atoms with van der Waals surface area (Å²) >= 11 is 0. The molecule has 4 heteroatoms. The van der Waals surface area contributed by atoms with Crippen LogP contribution in [0.3, 0.4) is 0 Å². The minimum Gasteiger partial charge on any atom is -0.363 e. The molecule has 0 aliphatic rings. The van der Waals surface area contributed by atoms with E-state index < -0.39 is 5.54 Å². The van der Waals surface area contributed by atoms with Crippen LogP contribution in [0, 0.1) is 0 Å². The van der Waals surface area contributed by atoms with Crippen LogP contribution in [-0.4, -0.2) is 17.3 Å². The molecule has 0 radical (unpaired) electrons. The molecule has 4 nitrogen and oxygen atoms in total. The lowest BCUT2D eigenvalue weighted by Gasteiger charge is -2.25. The number of hydrogen-bond acceptors (Lipinski definition) is 3. The van der Waals surface area contributed by atoms with Crippen LogP contribution >= 0.6 is 0 Å². The number of nitrogens with two attached hydrogens (primary N) is 2. The van der Waals surface area contributed by atoms with Gasteiger partial charge in [0.15, 0.2) is 5.78 Å². The number of aromatic nitrogens is 1. The molecule has 0 saturated carbocycles. The topological polar surface area (TPSA) is 84.9 Å². The number of rotatable bonds is 6. The van der Waals surface area contributed by atoms with Crippen molar-refractivity contribution in [2.75, 3.05) is 6.54 Å². The summed E-state index contributed by atoms with van der Waals surface area (Å²) in [4.78, 5) is 14.6. The van der Waals surface area contributed by atoms with E-state index in [0.717, 1.165) is 18.5 Å². The normalized spacial score (nSPS) is 14.9. The van der Waals surface area contributed by atoms with E-state index >= 15 is 0 Å². The van der Waals surface area contributed by atoms with Crippen molar-refractivity contribution >= 4 is 5.78 Å². The van der Waals surface area contributed by atoms with Gasteiger partial charge >= 0.3 is 0 Å². The molecule has 1 unspecified atom stereocenters. The predicted molar refractivity (Wildman–Crippen MR) is 60.2 cm³/mol. The molecule has 0 bridgehead atoms. The number of carbonyl (C=O) groups excluding carboxylic acids is 1. The summed E-state index contributed by atoms with van der Waals surface area (Å²) < 4.78 is 0. The molecular formula is C11H19N3O. The molecule has 0 spiro atoms. The third kappa shape index (κ3) is 2.67. The second-order valence-electron chi connectivity index (χ2n) is 3.86. The molecule has 1 aromatic heterocycles. The number of H-pyrrole nitrogens is 1. The number of hydrogen-bond donors (Lipinski definition) is 3. The molecular weight excluding hydrogens is 190 g/mol. The molecule has 15 heavy (non-hydrogen) atoms. The Balaban J connectivity index is 2.75. The van der Waals surface area contributed by atoms with Gasteiger partial charge in [0.25, 0.3) is 0 Å². The number of ketones is 1. The first-order chi connectivity index (χ1) is 7.11. The fourth-order valence-corrected chi connectivity index (χ4v) is 1.66. The molecule has 5 N–H and O–H groups in total. The fraction of sp³-hybridized carbons (Fsp3) is 0.545. The lowest BCUT2D eigenvalue weighted by Crippen LogP contribution is -2.44. The lowest BCUT2D eigenvalue weighted by molar-refractivity contribution is -0.122. The summed E-state index contributed by atoms with van der Waals surface area (Å²) in [6.45, 7) is 2.17. The van der Waals surface area contributed by atoms with Gasteiger partial charge in [0.1, 0.15) is 5.54 Å². The van der Waals surface area contributed by atoms with Crippen LogP contribution < -0.4 is 11.5 Å². The maximum atomic E-state index is 11.6. The van der Waals surface area contributed by atoms with Gasteiger partial charge in [0, 0.05) is 11.9 Å². The van der Waals surface area contributed by atoms with Gasteiger partial charge in [0.2, 0.25) is 0 Å². The summed E-state index contributed by atoms with van der Waals surface area (Å²) in [5, 5.41) is 0. The Morgan fingerprint density at radius 1 is 1.53 bits per heavy atom. The van der Waals surface area contributed by atoms with Crippen molar-refractivity contribution in [2.24, 2.45) is 11.5 Å². The number of nitrogens with one attached hydrogen (secondary N) is 1. The molecule has 0 fully saturated rings. The van der Waals surface area contributed by atoms with Crippen molar-refractivity contribution in [3.05, 3.63) is 24.0 Å². The van der Waals surface area contributed by atoms with Gasteiger partial charge in [-0.05, 0) is 44.9 Å². The predicted octanol–water partition coefficient (Wildman–Crippen LogP) is 0.887. The van der Waals surface area contributed by atoms with Crippen molar-refractivity contribution in [3.8, 4) is 0 Å². The molecule has 0 aromatic carbocycles. The maximum Gasteiger partial charge on any atom is 0.155 e. The van der Waals surface area contributed by atoms with Gasteiger partial charge in [-0.15, -0.1) is 0 Å². The molecule has 0 amide bonds. The van der Waals surface area contributed by atoms with Crippen molar-refractivity contribution in [1.29, 1.82) is 0 Å². The Labute approximate surface area is 90.0 Å². The Morgan fingerprint density at radius 3 is 2.73 bits per heavy atom. The summed E-state index contributed by atoms with van der Waals surface area (Å²) in [5.41, 5.74) is 11.5. The van der Waals surface area contributed by atoms with Crippen LogP contribution in [0.1, 0.15) is 31.9 Å². The minimum absolute atomic E-state index is 0.0121. The summed E-state index contributed by atoms with van der Waals surface area (Å²) in [6.07, 6.45) is 4.18. The van der Waals surface area contributed by atoms with Gasteiger partial charge in [-0.1, -0.05) is 0 Å². The van der Waals surface area contributed by atoms with E-state index in [1.165, 1.54) is 6.92 Å². The van der Waals surface area contributed by atoms with Crippen LogP contribution in [-0.2, 0) is 10.3 Å². The highest BCUT2D eigenvalue weighted by atomic mass is 16.1. The molecule has 1 aromatic rings. The monoisotopic (exact) mass is 209 g/mol. The SMILES string of the molecule is CC(=O)C(N)(CCCCN)c1ccc[nH]1. The van der Waals surface area contributed by atoms with Crippen LogP contribution in [0.4, 0.5) is 0 Å². The van der Waals surface area contributed by atoms with Gasteiger partial charge < -0.3 is 16.5 Å². The van der Waals surface area contributed by atoms with E-state index in [9.17, 15) is 4.79 Å². The zero-order valence-electron chi connectivity index (χ0n) is 9.12. The second kappa shape index (κ2) is 5.09. The largest absolute Gasteiger partial charge is 0.363 e. The van der Waals surface area contributed by atoms with Gasteiger partial charge in [-0.3, -0.25) is 4.79 Å². The Kier molecular flexibility index (Phi) is 4.05. The van der Waals surface area contributed by atoms with Crippen LogP contribution in [0.15, 0.2) is 18.3 Å². The van der Waals surface area contributed by atoms with Crippen molar-refractivity contribution in [2.45, 2.75) is 31.7 Å². The molecule has 0 aliphatic carbocycles. The van der Waals surface area contributed by atoms with Crippen molar-refractivity contribution in [3.63, 3.8) is 0 Å². The Hall–Kier alpha value is -1.13. The Bertz CT molecular complexity index is 308. The van der Waals surface area contributed by atoms with E-state index in [-0.39, 0.29) is 5.78 Å². The van der Waals surface area contributed by atoms with E-state index in [0.29, 0.717) is 13.0 Å². The molecule has 1 heterocycles. The maximum absolute atomic E-state index is 11.6. The second-order valence-corrected chi connectivity index (χ2v) is 3.86.